The molecule has 2 unspecified atom stereocenters. The van der Waals surface area contributed by atoms with Crippen LogP contribution < -0.4 is 10.8 Å². The quantitative estimate of drug-likeness (QED) is 0.681. The van der Waals surface area contributed by atoms with E-state index in [-0.39, 0.29) is 17.9 Å². The zero-order valence-corrected chi connectivity index (χ0v) is 9.29. The third-order valence-corrected chi connectivity index (χ3v) is 3.48. The van der Waals surface area contributed by atoms with E-state index in [1.807, 2.05) is 0 Å². The molecule has 15 heavy (non-hydrogen) atoms. The molecule has 0 radical (unpaired) electrons. The minimum Gasteiger partial charge on any atom is -0.316 e. The van der Waals surface area contributed by atoms with Crippen molar-refractivity contribution < 1.29 is 9.63 Å². The first-order chi connectivity index (χ1) is 7.27. The van der Waals surface area contributed by atoms with E-state index < -0.39 is 0 Å². The van der Waals surface area contributed by atoms with E-state index in [0.29, 0.717) is 5.92 Å². The van der Waals surface area contributed by atoms with Gasteiger partial charge in [-0.2, -0.15) is 0 Å². The topological polar surface area (TPSA) is 50.4 Å². The molecule has 2 atom stereocenters. The first kappa shape index (κ1) is 10.9. The highest BCUT2D eigenvalue weighted by Gasteiger charge is 2.30. The summed E-state index contributed by atoms with van der Waals surface area (Å²) in [5.74, 6) is 0.531. The van der Waals surface area contributed by atoms with E-state index in [1.165, 1.54) is 12.8 Å². The standard InChI is InChI=1S/C11H20N2O2/c1-8-6-12-7-10(8)11(14)13-15-9-4-2-3-5-9/h8-10,12H,2-7H2,1H3,(H,13,14). The molecule has 2 rings (SSSR count). The molecule has 0 bridgehead atoms. The highest BCUT2D eigenvalue weighted by molar-refractivity contribution is 5.78. The van der Waals surface area contributed by atoms with Crippen LogP contribution in [0.5, 0.6) is 0 Å². The molecule has 86 valence electrons. The highest BCUT2D eigenvalue weighted by Crippen LogP contribution is 2.21. The van der Waals surface area contributed by atoms with Crippen LogP contribution in [-0.4, -0.2) is 25.1 Å². The van der Waals surface area contributed by atoms with Crippen molar-refractivity contribution >= 4 is 5.91 Å². The molecule has 2 N–H and O–H groups in total. The Morgan fingerprint density at radius 2 is 2.07 bits per heavy atom. The Kier molecular flexibility index (Phi) is 3.59. The number of rotatable bonds is 3. The molecule has 0 aromatic heterocycles. The molecule has 1 amide bonds. The highest BCUT2D eigenvalue weighted by atomic mass is 16.7. The fourth-order valence-electron chi connectivity index (χ4n) is 2.38. The van der Waals surface area contributed by atoms with Crippen molar-refractivity contribution in [2.45, 2.75) is 38.7 Å². The van der Waals surface area contributed by atoms with Crippen molar-refractivity contribution in [3.8, 4) is 0 Å². The Morgan fingerprint density at radius 3 is 2.67 bits per heavy atom. The number of nitrogens with one attached hydrogen (secondary N) is 2. The van der Waals surface area contributed by atoms with E-state index in [9.17, 15) is 4.79 Å². The smallest absolute Gasteiger partial charge is 0.248 e. The van der Waals surface area contributed by atoms with E-state index in [4.69, 9.17) is 4.84 Å². The Morgan fingerprint density at radius 1 is 1.33 bits per heavy atom. The number of carbonyl (C=O) groups is 1. The van der Waals surface area contributed by atoms with E-state index in [0.717, 1.165) is 25.9 Å². The van der Waals surface area contributed by atoms with Crippen molar-refractivity contribution in [2.24, 2.45) is 11.8 Å². The van der Waals surface area contributed by atoms with Gasteiger partial charge < -0.3 is 5.32 Å². The van der Waals surface area contributed by atoms with E-state index >= 15 is 0 Å². The van der Waals surface area contributed by atoms with Crippen LogP contribution in [0, 0.1) is 11.8 Å². The second-order valence-electron chi connectivity index (χ2n) is 4.73. The fourth-order valence-corrected chi connectivity index (χ4v) is 2.38. The summed E-state index contributed by atoms with van der Waals surface area (Å²) in [7, 11) is 0. The van der Waals surface area contributed by atoms with Gasteiger partial charge in [-0.3, -0.25) is 9.63 Å². The molecular weight excluding hydrogens is 192 g/mol. The van der Waals surface area contributed by atoms with Crippen LogP contribution in [0.3, 0.4) is 0 Å². The minimum atomic E-state index is 0.0411. The lowest BCUT2D eigenvalue weighted by Crippen LogP contribution is -2.36. The summed E-state index contributed by atoms with van der Waals surface area (Å²) in [5, 5.41) is 3.21. The summed E-state index contributed by atoms with van der Waals surface area (Å²) < 4.78 is 0. The molecule has 0 spiro atoms. The van der Waals surface area contributed by atoms with Gasteiger partial charge >= 0.3 is 0 Å². The summed E-state index contributed by atoms with van der Waals surface area (Å²) in [5.41, 5.74) is 2.62. The number of carbonyl (C=O) groups excluding carboxylic acids is 1. The third kappa shape index (κ3) is 2.69. The van der Waals surface area contributed by atoms with Gasteiger partial charge in [0.1, 0.15) is 0 Å². The number of amides is 1. The van der Waals surface area contributed by atoms with Gasteiger partial charge in [0, 0.05) is 6.54 Å². The van der Waals surface area contributed by atoms with Crippen LogP contribution in [0.1, 0.15) is 32.6 Å². The molecule has 0 aromatic rings. The normalized spacial score (nSPS) is 32.1. The number of hydrogen-bond acceptors (Lipinski definition) is 3. The molecule has 0 aromatic carbocycles. The van der Waals surface area contributed by atoms with Crippen LogP contribution in [0.2, 0.25) is 0 Å². The Balaban J connectivity index is 1.71. The summed E-state index contributed by atoms with van der Waals surface area (Å²) in [6.45, 7) is 3.81. The molecule has 2 fully saturated rings. The number of hydroxylamine groups is 1. The lowest BCUT2D eigenvalue weighted by Gasteiger charge is -2.16. The molecule has 2 aliphatic rings. The average Bonchev–Trinajstić information content (AvgIpc) is 2.84. The van der Waals surface area contributed by atoms with Crippen molar-refractivity contribution in [2.75, 3.05) is 13.1 Å². The molecule has 4 nitrogen and oxygen atoms in total. The fraction of sp³-hybridized carbons (Fsp3) is 0.909. The summed E-state index contributed by atoms with van der Waals surface area (Å²) >= 11 is 0. The maximum absolute atomic E-state index is 11.7. The Labute approximate surface area is 90.7 Å². The van der Waals surface area contributed by atoms with Crippen molar-refractivity contribution in [1.82, 2.24) is 10.8 Å². The molecule has 1 saturated carbocycles. The first-order valence-electron chi connectivity index (χ1n) is 5.93. The molecule has 4 heteroatoms. The lowest BCUT2D eigenvalue weighted by molar-refractivity contribution is -0.142. The maximum Gasteiger partial charge on any atom is 0.248 e. The molecule has 1 heterocycles. The van der Waals surface area contributed by atoms with Gasteiger partial charge in [0.2, 0.25) is 5.91 Å². The monoisotopic (exact) mass is 212 g/mol. The Hall–Kier alpha value is -0.610. The lowest BCUT2D eigenvalue weighted by atomic mass is 9.98. The van der Waals surface area contributed by atoms with Crippen LogP contribution in [0.4, 0.5) is 0 Å². The van der Waals surface area contributed by atoms with Gasteiger partial charge in [0.05, 0.1) is 12.0 Å². The van der Waals surface area contributed by atoms with Gasteiger partial charge in [-0.1, -0.05) is 19.8 Å². The second-order valence-corrected chi connectivity index (χ2v) is 4.73. The van der Waals surface area contributed by atoms with E-state index in [2.05, 4.69) is 17.7 Å². The number of hydrogen-bond donors (Lipinski definition) is 2. The van der Waals surface area contributed by atoms with Crippen LogP contribution in [-0.2, 0) is 9.63 Å². The minimum absolute atomic E-state index is 0.0411. The average molecular weight is 212 g/mol. The molecular formula is C11H20N2O2. The van der Waals surface area contributed by atoms with Crippen LogP contribution in [0.15, 0.2) is 0 Å². The zero-order chi connectivity index (χ0) is 10.7. The van der Waals surface area contributed by atoms with E-state index in [1.54, 1.807) is 0 Å². The molecule has 1 saturated heterocycles. The van der Waals surface area contributed by atoms with Crippen LogP contribution >= 0.6 is 0 Å². The van der Waals surface area contributed by atoms with Gasteiger partial charge in [-0.05, 0) is 25.3 Å². The van der Waals surface area contributed by atoms with Crippen molar-refractivity contribution in [3.63, 3.8) is 0 Å². The van der Waals surface area contributed by atoms with Crippen molar-refractivity contribution in [1.29, 1.82) is 0 Å². The Bertz CT molecular complexity index is 227. The first-order valence-corrected chi connectivity index (χ1v) is 5.93. The SMILES string of the molecule is CC1CNCC1C(=O)NOC1CCCC1. The summed E-state index contributed by atoms with van der Waals surface area (Å²) in [6, 6.07) is 0. The predicted molar refractivity (Wildman–Crippen MR) is 57.0 cm³/mol. The van der Waals surface area contributed by atoms with Crippen molar-refractivity contribution in [3.05, 3.63) is 0 Å². The van der Waals surface area contributed by atoms with Gasteiger partial charge in [-0.15, -0.1) is 0 Å². The predicted octanol–water partition coefficient (Wildman–Crippen LogP) is 0.832. The molecule has 1 aliphatic heterocycles. The summed E-state index contributed by atoms with van der Waals surface area (Å²) in [6.07, 6.45) is 4.86. The van der Waals surface area contributed by atoms with Gasteiger partial charge in [0.15, 0.2) is 0 Å². The second kappa shape index (κ2) is 4.94. The maximum atomic E-state index is 11.7. The third-order valence-electron chi connectivity index (χ3n) is 3.48. The largest absolute Gasteiger partial charge is 0.316 e. The zero-order valence-electron chi connectivity index (χ0n) is 9.29. The molecule has 1 aliphatic carbocycles. The summed E-state index contributed by atoms with van der Waals surface area (Å²) in [4.78, 5) is 17.1. The van der Waals surface area contributed by atoms with Gasteiger partial charge in [0.25, 0.3) is 0 Å². The van der Waals surface area contributed by atoms with Gasteiger partial charge in [-0.25, -0.2) is 5.48 Å². The van der Waals surface area contributed by atoms with Crippen LogP contribution in [0.25, 0.3) is 0 Å².